The van der Waals surface area contributed by atoms with Gasteiger partial charge >= 0.3 is 0 Å². The van der Waals surface area contributed by atoms with E-state index in [1.54, 1.807) is 29.8 Å². The van der Waals surface area contributed by atoms with Gasteiger partial charge in [0.1, 0.15) is 0 Å². The van der Waals surface area contributed by atoms with Crippen LogP contribution in [-0.4, -0.2) is 26.6 Å². The molecule has 9 heteroatoms. The molecule has 0 bridgehead atoms. The monoisotopic (exact) mass is 438 g/mol. The molecular weight excluding hydrogens is 419 g/mol. The van der Waals surface area contributed by atoms with E-state index in [2.05, 4.69) is 10.2 Å². The first-order valence-electron chi connectivity index (χ1n) is 9.05. The number of fused-ring (bicyclic) bond motifs is 1. The van der Waals surface area contributed by atoms with Crippen LogP contribution >= 0.6 is 35.0 Å². The van der Waals surface area contributed by atoms with Crippen molar-refractivity contribution in [3.63, 3.8) is 0 Å². The molecule has 2 heterocycles. The number of carbonyl (C=O) groups is 2. The summed E-state index contributed by atoms with van der Waals surface area (Å²) in [5.41, 5.74) is 1.14. The zero-order valence-corrected chi connectivity index (χ0v) is 18.2. The highest BCUT2D eigenvalue weighted by atomic mass is 35.5. The molecule has 0 atom stereocenters. The number of hydrogen-bond donors (Lipinski definition) is 0. The molecule has 0 N–H and O–H groups in total. The molecule has 0 saturated heterocycles. The van der Waals surface area contributed by atoms with Crippen molar-refractivity contribution in [2.75, 3.05) is 5.01 Å². The third kappa shape index (κ3) is 3.83. The Bertz CT molecular complexity index is 971. The number of benzene rings is 1. The number of amides is 1. The van der Waals surface area contributed by atoms with Crippen LogP contribution in [0.5, 0.6) is 0 Å². The number of allylic oxidation sites excluding steroid dienone is 1. The van der Waals surface area contributed by atoms with E-state index in [9.17, 15) is 9.59 Å². The van der Waals surface area contributed by atoms with Gasteiger partial charge < -0.3 is 0 Å². The molecular formula is C19H20Cl2N4O2S. The van der Waals surface area contributed by atoms with Gasteiger partial charge in [-0.2, -0.15) is 0 Å². The number of rotatable bonds is 6. The summed E-state index contributed by atoms with van der Waals surface area (Å²) in [6, 6.07) is 5.10. The molecule has 1 aliphatic heterocycles. The minimum atomic E-state index is -0.144. The van der Waals surface area contributed by atoms with Crippen molar-refractivity contribution in [3.05, 3.63) is 44.5 Å². The molecule has 1 aromatic heterocycles. The molecule has 6 nitrogen and oxygen atoms in total. The van der Waals surface area contributed by atoms with Crippen molar-refractivity contribution in [1.82, 2.24) is 14.9 Å². The third-order valence-corrected chi connectivity index (χ3v) is 6.01. The third-order valence-electron chi connectivity index (χ3n) is 4.21. The molecule has 0 aliphatic carbocycles. The summed E-state index contributed by atoms with van der Waals surface area (Å²) in [6.07, 6.45) is 2.07. The van der Waals surface area contributed by atoms with Gasteiger partial charge in [0.2, 0.25) is 11.1 Å². The van der Waals surface area contributed by atoms with Crippen molar-refractivity contribution in [1.29, 1.82) is 0 Å². The Balaban J connectivity index is 2.28. The van der Waals surface area contributed by atoms with Crippen LogP contribution in [0.15, 0.2) is 28.3 Å². The number of halogens is 2. The average Bonchev–Trinajstić information content (AvgIpc) is 3.03. The second-order valence-electron chi connectivity index (χ2n) is 6.38. The summed E-state index contributed by atoms with van der Waals surface area (Å²) in [7, 11) is 0. The van der Waals surface area contributed by atoms with Gasteiger partial charge in [-0.05, 0) is 43.7 Å². The molecule has 28 heavy (non-hydrogen) atoms. The SMILES string of the molecule is CCCC(=O)C1=C(c2ccc(Cl)c(Cl)c2)N(C(=O)CCC)n2c(C)nnc2S1. The largest absolute Gasteiger partial charge is 0.294 e. The lowest BCUT2D eigenvalue weighted by molar-refractivity contribution is -0.119. The van der Waals surface area contributed by atoms with Gasteiger partial charge in [-0.1, -0.05) is 43.1 Å². The van der Waals surface area contributed by atoms with Crippen LogP contribution < -0.4 is 5.01 Å². The van der Waals surface area contributed by atoms with Gasteiger partial charge in [-0.3, -0.25) is 9.59 Å². The van der Waals surface area contributed by atoms with E-state index in [1.165, 1.54) is 16.8 Å². The topological polar surface area (TPSA) is 68.1 Å². The van der Waals surface area contributed by atoms with Crippen LogP contribution in [0.3, 0.4) is 0 Å². The zero-order valence-electron chi connectivity index (χ0n) is 15.8. The van der Waals surface area contributed by atoms with Crippen molar-refractivity contribution in [3.8, 4) is 0 Å². The van der Waals surface area contributed by atoms with Gasteiger partial charge in [0, 0.05) is 18.4 Å². The lowest BCUT2D eigenvalue weighted by Crippen LogP contribution is -2.42. The standard InChI is InChI=1S/C19H20Cl2N4O2S/c1-4-6-15(26)18-17(12-8-9-13(20)14(21)10-12)25(16(27)7-5-2)24-11(3)22-23-19(24)28-18/h8-10H,4-7H2,1-3H3. The molecule has 1 aliphatic rings. The van der Waals surface area contributed by atoms with Crippen molar-refractivity contribution in [2.24, 2.45) is 0 Å². The molecule has 1 aromatic carbocycles. The highest BCUT2D eigenvalue weighted by molar-refractivity contribution is 8.04. The first-order chi connectivity index (χ1) is 13.4. The number of aromatic nitrogens is 3. The fraction of sp³-hybridized carbons (Fsp3) is 0.368. The molecule has 148 valence electrons. The number of aryl methyl sites for hydroxylation is 1. The van der Waals surface area contributed by atoms with E-state index < -0.39 is 0 Å². The van der Waals surface area contributed by atoms with E-state index in [0.717, 1.165) is 0 Å². The van der Waals surface area contributed by atoms with E-state index in [0.29, 0.717) is 62.9 Å². The molecule has 0 radical (unpaired) electrons. The van der Waals surface area contributed by atoms with E-state index in [1.807, 2.05) is 13.8 Å². The van der Waals surface area contributed by atoms with E-state index >= 15 is 0 Å². The summed E-state index contributed by atoms with van der Waals surface area (Å²) < 4.78 is 1.66. The molecule has 2 aromatic rings. The summed E-state index contributed by atoms with van der Waals surface area (Å²) in [6.45, 7) is 5.65. The van der Waals surface area contributed by atoms with Crippen LogP contribution in [0.25, 0.3) is 5.70 Å². The number of carbonyl (C=O) groups excluding carboxylic acids is 2. The van der Waals surface area contributed by atoms with Crippen molar-refractivity contribution >= 4 is 52.4 Å². The van der Waals surface area contributed by atoms with Crippen LogP contribution in [0.2, 0.25) is 10.0 Å². The van der Waals surface area contributed by atoms with Crippen LogP contribution in [-0.2, 0) is 9.59 Å². The van der Waals surface area contributed by atoms with Gasteiger partial charge in [-0.25, -0.2) is 9.69 Å². The molecule has 0 fully saturated rings. The number of Topliss-reactive ketones (excluding diaryl/α,β-unsaturated/α-hetero) is 1. The van der Waals surface area contributed by atoms with Crippen LogP contribution in [0, 0.1) is 6.92 Å². The van der Waals surface area contributed by atoms with E-state index in [4.69, 9.17) is 23.2 Å². The maximum atomic E-state index is 13.1. The Labute approximate surface area is 177 Å². The summed E-state index contributed by atoms with van der Waals surface area (Å²) in [4.78, 5) is 26.5. The number of nitrogens with zero attached hydrogens (tertiary/aromatic N) is 4. The number of ketones is 1. The summed E-state index contributed by atoms with van der Waals surface area (Å²) in [5, 5.41) is 11.0. The highest BCUT2D eigenvalue weighted by Gasteiger charge is 2.36. The smallest absolute Gasteiger partial charge is 0.246 e. The molecule has 0 spiro atoms. The predicted octanol–water partition coefficient (Wildman–Crippen LogP) is 5.00. The summed E-state index contributed by atoms with van der Waals surface area (Å²) in [5.74, 6) is 0.371. The van der Waals surface area contributed by atoms with Gasteiger partial charge in [0.25, 0.3) is 0 Å². The zero-order chi connectivity index (χ0) is 20.4. The minimum absolute atomic E-state index is 0.0465. The maximum Gasteiger partial charge on any atom is 0.246 e. The predicted molar refractivity (Wildman–Crippen MR) is 112 cm³/mol. The summed E-state index contributed by atoms with van der Waals surface area (Å²) >= 11 is 13.5. The number of hydrogen-bond acceptors (Lipinski definition) is 5. The molecule has 0 unspecified atom stereocenters. The van der Waals surface area contributed by atoms with Gasteiger partial charge in [-0.15, -0.1) is 10.2 Å². The Kier molecular flexibility index (Phi) is 6.47. The van der Waals surface area contributed by atoms with Gasteiger partial charge in [0.05, 0.1) is 20.6 Å². The normalized spacial score (nSPS) is 13.7. The lowest BCUT2D eigenvalue weighted by atomic mass is 10.1. The second kappa shape index (κ2) is 8.68. The fourth-order valence-electron chi connectivity index (χ4n) is 2.95. The second-order valence-corrected chi connectivity index (χ2v) is 8.17. The maximum absolute atomic E-state index is 13.1. The molecule has 3 rings (SSSR count). The first kappa shape index (κ1) is 20.9. The Morgan fingerprint density at radius 1 is 1.07 bits per heavy atom. The van der Waals surface area contributed by atoms with Crippen molar-refractivity contribution in [2.45, 2.75) is 51.6 Å². The number of thioether (sulfide) groups is 1. The quantitative estimate of drug-likeness (QED) is 0.634. The minimum Gasteiger partial charge on any atom is -0.294 e. The van der Waals surface area contributed by atoms with Gasteiger partial charge in [0.15, 0.2) is 11.6 Å². The first-order valence-corrected chi connectivity index (χ1v) is 10.6. The Hall–Kier alpha value is -1.83. The van der Waals surface area contributed by atoms with Crippen molar-refractivity contribution < 1.29 is 9.59 Å². The van der Waals surface area contributed by atoms with E-state index in [-0.39, 0.29) is 11.7 Å². The Morgan fingerprint density at radius 3 is 2.43 bits per heavy atom. The van der Waals surface area contributed by atoms with Crippen LogP contribution in [0.1, 0.15) is 50.9 Å². The Morgan fingerprint density at radius 2 is 1.79 bits per heavy atom. The lowest BCUT2D eigenvalue weighted by Gasteiger charge is -2.33. The fourth-order valence-corrected chi connectivity index (χ4v) is 4.33. The average molecular weight is 439 g/mol. The molecule has 0 saturated carbocycles. The highest BCUT2D eigenvalue weighted by Crippen LogP contribution is 2.41. The van der Waals surface area contributed by atoms with Crippen LogP contribution in [0.4, 0.5) is 0 Å². The molecule has 1 amide bonds.